The number of aromatic amines is 2. The summed E-state index contributed by atoms with van der Waals surface area (Å²) in [5.74, 6) is -0.335. The highest BCUT2D eigenvalue weighted by atomic mass is 16.5. The molecule has 0 spiro atoms. The van der Waals surface area contributed by atoms with Crippen LogP contribution in [0.15, 0.2) is 47.4 Å². The number of fused-ring (bicyclic) bond motifs is 4. The van der Waals surface area contributed by atoms with Crippen molar-refractivity contribution in [3.05, 3.63) is 69.6 Å². The summed E-state index contributed by atoms with van der Waals surface area (Å²) in [6, 6.07) is 11.9. The van der Waals surface area contributed by atoms with Crippen LogP contribution in [0, 0.1) is 5.92 Å². The lowest BCUT2D eigenvalue weighted by molar-refractivity contribution is -0.142. The van der Waals surface area contributed by atoms with Crippen molar-refractivity contribution < 1.29 is 14.3 Å². The molecule has 4 heterocycles. The number of nitrogens with zero attached hydrogens (tertiary/aromatic N) is 3. The molecular weight excluding hydrogens is 505 g/mol. The maximum absolute atomic E-state index is 13.7. The Bertz CT molecular complexity index is 1640. The fourth-order valence-corrected chi connectivity index (χ4v) is 6.46. The number of ether oxygens (including phenoxy) is 1. The van der Waals surface area contributed by atoms with Gasteiger partial charge in [0.25, 0.3) is 5.56 Å². The molecule has 2 aliphatic rings. The standard InChI is InChI=1S/C30H34BN5O4/c1-40-11-10-36-17-24-20(14-25(31)28-23(24)16-32-34-28)12-21(30(36)39)15-27(37)35-8-6-18(7-9-35)22-13-19-4-2-3-5-26(19)33-29(22)38/h2-5,13-14,16,18,21H,6-12,15,17,31H2,1H3,(H,32,34)(H,33,38)/t21-/m0/s1. The van der Waals surface area contributed by atoms with Crippen LogP contribution in [0.1, 0.15) is 41.9 Å². The van der Waals surface area contributed by atoms with Gasteiger partial charge in [-0.05, 0) is 53.8 Å². The van der Waals surface area contributed by atoms with E-state index in [9.17, 15) is 14.4 Å². The molecule has 1 saturated heterocycles. The van der Waals surface area contributed by atoms with E-state index in [1.54, 1.807) is 7.11 Å². The smallest absolute Gasteiger partial charge is 0.251 e. The van der Waals surface area contributed by atoms with Crippen molar-refractivity contribution >= 4 is 46.9 Å². The second-order valence-corrected chi connectivity index (χ2v) is 11.1. The minimum absolute atomic E-state index is 0.000438. The van der Waals surface area contributed by atoms with Gasteiger partial charge in [0.2, 0.25) is 11.8 Å². The summed E-state index contributed by atoms with van der Waals surface area (Å²) < 4.78 is 5.29. The summed E-state index contributed by atoms with van der Waals surface area (Å²) in [7, 11) is 3.67. The SMILES string of the molecule is Bc1cc2c(c3cn[nH]c13)CN(CCOC)C(=O)[C@H](CC(=O)N1CCC(c3cc4ccccc4[nH]c3=O)CC1)C2. The van der Waals surface area contributed by atoms with Crippen LogP contribution in [0.2, 0.25) is 0 Å². The van der Waals surface area contributed by atoms with Crippen LogP contribution in [0.5, 0.6) is 0 Å². The summed E-state index contributed by atoms with van der Waals surface area (Å²) in [5.41, 5.74) is 5.84. The number of H-pyrrole nitrogens is 2. The van der Waals surface area contributed by atoms with Crippen molar-refractivity contribution in [1.82, 2.24) is 25.0 Å². The van der Waals surface area contributed by atoms with Gasteiger partial charge in [0.1, 0.15) is 7.85 Å². The van der Waals surface area contributed by atoms with Gasteiger partial charge in [-0.15, -0.1) is 0 Å². The van der Waals surface area contributed by atoms with E-state index in [0.717, 1.165) is 56.8 Å². The Balaban J connectivity index is 1.18. The molecule has 0 aliphatic carbocycles. The van der Waals surface area contributed by atoms with Gasteiger partial charge in [-0.2, -0.15) is 5.10 Å². The van der Waals surface area contributed by atoms with E-state index in [1.165, 1.54) is 0 Å². The van der Waals surface area contributed by atoms with E-state index >= 15 is 0 Å². The second-order valence-electron chi connectivity index (χ2n) is 11.1. The molecule has 10 heteroatoms. The minimum Gasteiger partial charge on any atom is -0.383 e. The molecule has 40 heavy (non-hydrogen) atoms. The number of hydrogen-bond donors (Lipinski definition) is 2. The van der Waals surface area contributed by atoms with Crippen LogP contribution < -0.4 is 11.0 Å². The molecular formula is C30H34BN5O4. The molecule has 6 rings (SSSR count). The topological polar surface area (TPSA) is 111 Å². The average Bonchev–Trinajstić information content (AvgIpc) is 3.42. The summed E-state index contributed by atoms with van der Waals surface area (Å²) in [5, 5.41) is 9.38. The number of pyridine rings is 1. The van der Waals surface area contributed by atoms with E-state index in [0.29, 0.717) is 39.2 Å². The normalized spacial score (nSPS) is 18.3. The summed E-state index contributed by atoms with van der Waals surface area (Å²) in [6.45, 7) is 2.54. The monoisotopic (exact) mass is 539 g/mol. The third kappa shape index (κ3) is 4.92. The molecule has 2 aromatic heterocycles. The van der Waals surface area contributed by atoms with Crippen molar-refractivity contribution in [2.45, 2.75) is 38.1 Å². The highest BCUT2D eigenvalue weighted by Crippen LogP contribution is 2.31. The highest BCUT2D eigenvalue weighted by molar-refractivity contribution is 6.38. The number of rotatable bonds is 6. The number of nitrogens with one attached hydrogen (secondary N) is 2. The number of aromatic nitrogens is 3. The number of para-hydroxylation sites is 1. The van der Waals surface area contributed by atoms with Crippen LogP contribution in [0.4, 0.5) is 0 Å². The lowest BCUT2D eigenvalue weighted by Gasteiger charge is -2.33. The van der Waals surface area contributed by atoms with Crippen LogP contribution >= 0.6 is 0 Å². The first-order valence-electron chi connectivity index (χ1n) is 14.0. The molecule has 1 fully saturated rings. The van der Waals surface area contributed by atoms with Crippen molar-refractivity contribution in [2.24, 2.45) is 5.92 Å². The Morgan fingerprint density at radius 1 is 1.18 bits per heavy atom. The van der Waals surface area contributed by atoms with Crippen molar-refractivity contribution in [2.75, 3.05) is 33.4 Å². The van der Waals surface area contributed by atoms with Crippen molar-refractivity contribution in [3.63, 3.8) is 0 Å². The molecule has 2 aliphatic heterocycles. The summed E-state index contributed by atoms with van der Waals surface area (Å²) in [6.07, 6.45) is 3.98. The number of benzene rings is 2. The highest BCUT2D eigenvalue weighted by Gasteiger charge is 2.34. The Labute approximate surface area is 233 Å². The molecule has 4 aromatic rings. The van der Waals surface area contributed by atoms with Crippen molar-refractivity contribution in [3.8, 4) is 0 Å². The van der Waals surface area contributed by atoms with E-state index in [1.807, 2.05) is 54.2 Å². The predicted molar refractivity (Wildman–Crippen MR) is 156 cm³/mol. The molecule has 1 atom stereocenters. The molecule has 0 unspecified atom stereocenters. The lowest BCUT2D eigenvalue weighted by Crippen LogP contribution is -2.42. The zero-order chi connectivity index (χ0) is 27.8. The van der Waals surface area contributed by atoms with Gasteiger partial charge in [0.05, 0.1) is 24.2 Å². The van der Waals surface area contributed by atoms with Crippen LogP contribution in [-0.2, 0) is 27.3 Å². The third-order valence-corrected chi connectivity index (χ3v) is 8.67. The largest absolute Gasteiger partial charge is 0.383 e. The first-order valence-corrected chi connectivity index (χ1v) is 14.0. The quantitative estimate of drug-likeness (QED) is 0.362. The average molecular weight is 539 g/mol. The van der Waals surface area contributed by atoms with E-state index < -0.39 is 5.92 Å². The van der Waals surface area contributed by atoms with Gasteiger partial charge < -0.3 is 19.5 Å². The Morgan fingerprint density at radius 2 is 1.98 bits per heavy atom. The van der Waals surface area contributed by atoms with Crippen molar-refractivity contribution in [1.29, 1.82) is 0 Å². The lowest BCUT2D eigenvalue weighted by atomic mass is 9.85. The predicted octanol–water partition coefficient (Wildman–Crippen LogP) is 1.61. The Morgan fingerprint density at radius 3 is 2.77 bits per heavy atom. The van der Waals surface area contributed by atoms with Crippen LogP contribution in [0.25, 0.3) is 21.8 Å². The minimum atomic E-state index is -0.435. The molecule has 0 saturated carbocycles. The fourth-order valence-electron chi connectivity index (χ4n) is 6.46. The van der Waals surface area contributed by atoms with Gasteiger partial charge in [-0.1, -0.05) is 29.7 Å². The zero-order valence-corrected chi connectivity index (χ0v) is 23.0. The molecule has 2 aromatic carbocycles. The number of piperidine rings is 1. The zero-order valence-electron chi connectivity index (χ0n) is 23.0. The fraction of sp³-hybridized carbons (Fsp3) is 0.400. The number of methoxy groups -OCH3 is 1. The molecule has 206 valence electrons. The van der Waals surface area contributed by atoms with Gasteiger partial charge in [0.15, 0.2) is 0 Å². The number of hydrogen-bond acceptors (Lipinski definition) is 5. The molecule has 0 radical (unpaired) electrons. The second kappa shape index (κ2) is 10.9. The van der Waals surface area contributed by atoms with Gasteiger partial charge in [-0.25, -0.2) is 0 Å². The van der Waals surface area contributed by atoms with E-state index in [-0.39, 0.29) is 29.7 Å². The van der Waals surface area contributed by atoms with Gasteiger partial charge in [-0.3, -0.25) is 19.5 Å². The van der Waals surface area contributed by atoms with Crippen LogP contribution in [0.3, 0.4) is 0 Å². The van der Waals surface area contributed by atoms with E-state index in [4.69, 9.17) is 4.74 Å². The van der Waals surface area contributed by atoms with Crippen LogP contribution in [-0.4, -0.2) is 78.0 Å². The Kier molecular flexibility index (Phi) is 7.19. The number of likely N-dealkylation sites (tertiary alicyclic amines) is 1. The number of amides is 2. The van der Waals surface area contributed by atoms with Gasteiger partial charge in [0, 0.05) is 56.2 Å². The molecule has 0 bridgehead atoms. The number of carbonyl (C=O) groups excluding carboxylic acids is 2. The first-order chi connectivity index (χ1) is 19.4. The molecule has 9 nitrogen and oxygen atoms in total. The molecule has 2 amide bonds. The maximum Gasteiger partial charge on any atom is 0.251 e. The van der Waals surface area contributed by atoms with Gasteiger partial charge >= 0.3 is 0 Å². The number of carbonyl (C=O) groups is 2. The Hall–Kier alpha value is -3.92. The maximum atomic E-state index is 13.7. The van der Waals surface area contributed by atoms with E-state index in [2.05, 4.69) is 21.2 Å². The third-order valence-electron chi connectivity index (χ3n) is 8.67. The molecule has 2 N–H and O–H groups in total. The first kappa shape index (κ1) is 26.3. The summed E-state index contributed by atoms with van der Waals surface area (Å²) in [4.78, 5) is 46.7. The summed E-state index contributed by atoms with van der Waals surface area (Å²) >= 11 is 0.